The largest absolute Gasteiger partial charge is 0.398 e. The monoisotopic (exact) mass is 360 g/mol. The predicted octanol–water partition coefficient (Wildman–Crippen LogP) is 2.34. The van der Waals surface area contributed by atoms with Crippen LogP contribution >= 0.6 is 0 Å². The van der Waals surface area contributed by atoms with E-state index in [1.165, 1.54) is 0 Å². The van der Waals surface area contributed by atoms with Crippen molar-refractivity contribution in [3.8, 4) is 17.5 Å². The van der Waals surface area contributed by atoms with Crippen molar-refractivity contribution >= 4 is 23.3 Å². The molecule has 0 spiro atoms. The lowest BCUT2D eigenvalue weighted by Crippen LogP contribution is -2.08. The normalized spacial score (nSPS) is 10.4. The first-order valence-electron chi connectivity index (χ1n) is 8.45. The Labute approximate surface area is 157 Å². The second-order valence-corrected chi connectivity index (χ2v) is 5.89. The summed E-state index contributed by atoms with van der Waals surface area (Å²) in [5.41, 5.74) is 22.0. The summed E-state index contributed by atoms with van der Waals surface area (Å²) in [6.07, 6.45) is 0.809. The maximum absolute atomic E-state index is 8.99. The Morgan fingerprint density at radius 3 is 2.52 bits per heavy atom. The number of hydrogen-bond donors (Lipinski definition) is 4. The quantitative estimate of drug-likeness (QED) is 0.506. The molecule has 8 heteroatoms. The van der Waals surface area contributed by atoms with Gasteiger partial charge in [0.2, 0.25) is 11.9 Å². The van der Waals surface area contributed by atoms with E-state index < -0.39 is 0 Å². The highest BCUT2D eigenvalue weighted by molar-refractivity contribution is 5.69. The van der Waals surface area contributed by atoms with Crippen LogP contribution in [0.2, 0.25) is 0 Å². The molecule has 0 bridgehead atoms. The highest BCUT2D eigenvalue weighted by Crippen LogP contribution is 2.27. The van der Waals surface area contributed by atoms with Crippen LogP contribution in [-0.4, -0.2) is 15.0 Å². The van der Waals surface area contributed by atoms with Gasteiger partial charge in [-0.15, -0.1) is 0 Å². The first-order chi connectivity index (χ1) is 13.0. The lowest BCUT2D eigenvalue weighted by Gasteiger charge is -2.13. The number of aromatic nitrogens is 3. The van der Waals surface area contributed by atoms with Crippen LogP contribution in [-0.2, 0) is 13.0 Å². The Hall–Kier alpha value is -3.70. The van der Waals surface area contributed by atoms with E-state index in [0.717, 1.165) is 23.1 Å². The number of nitrogens with two attached hydrogens (primary N) is 3. The topological polar surface area (TPSA) is 153 Å². The van der Waals surface area contributed by atoms with E-state index >= 15 is 0 Å². The summed E-state index contributed by atoms with van der Waals surface area (Å²) in [5, 5.41) is 12.0. The minimum atomic E-state index is 0.0954. The van der Waals surface area contributed by atoms with Crippen molar-refractivity contribution in [3.63, 3.8) is 0 Å². The Bertz CT molecular complexity index is 1000. The van der Waals surface area contributed by atoms with Crippen molar-refractivity contribution in [2.24, 2.45) is 5.73 Å². The van der Waals surface area contributed by atoms with E-state index in [9.17, 15) is 0 Å². The van der Waals surface area contributed by atoms with Gasteiger partial charge in [0.15, 0.2) is 5.82 Å². The Morgan fingerprint density at radius 1 is 1.07 bits per heavy atom. The number of rotatable bonds is 5. The average Bonchev–Trinajstić information content (AvgIpc) is 2.67. The molecule has 0 fully saturated rings. The summed E-state index contributed by atoms with van der Waals surface area (Å²) in [4.78, 5) is 13.0. The summed E-state index contributed by atoms with van der Waals surface area (Å²) in [7, 11) is 0. The molecule has 3 aromatic rings. The highest BCUT2D eigenvalue weighted by Gasteiger charge is 2.14. The van der Waals surface area contributed by atoms with E-state index in [1.54, 1.807) is 18.2 Å². The molecule has 1 heterocycles. The predicted molar refractivity (Wildman–Crippen MR) is 106 cm³/mol. The molecular weight excluding hydrogens is 340 g/mol. The number of nitrogens with one attached hydrogen (secondary N) is 1. The number of benzene rings is 2. The summed E-state index contributed by atoms with van der Waals surface area (Å²) >= 11 is 0. The molecule has 3 rings (SSSR count). The Kier molecular flexibility index (Phi) is 5.15. The smallest absolute Gasteiger partial charge is 0.232 e. The zero-order valence-electron chi connectivity index (χ0n) is 14.9. The van der Waals surface area contributed by atoms with Crippen LogP contribution in [0.1, 0.15) is 23.6 Å². The SMILES string of the molecule is CCc1cccc(CN)c1-c1nc(N)nc(Nc2ccc(C#N)c(N)c2)n1. The molecule has 136 valence electrons. The molecule has 0 radical (unpaired) electrons. The van der Waals surface area contributed by atoms with E-state index in [2.05, 4.69) is 27.2 Å². The maximum atomic E-state index is 8.99. The molecular formula is C19H20N8. The van der Waals surface area contributed by atoms with Crippen molar-refractivity contribution in [3.05, 3.63) is 53.1 Å². The molecule has 0 unspecified atom stereocenters. The zero-order chi connectivity index (χ0) is 19.4. The molecule has 0 aliphatic carbocycles. The third-order valence-corrected chi connectivity index (χ3v) is 4.14. The Balaban J connectivity index is 2.04. The fourth-order valence-corrected chi connectivity index (χ4v) is 2.84. The van der Waals surface area contributed by atoms with Crippen LogP contribution in [0.3, 0.4) is 0 Å². The molecule has 0 atom stereocenters. The van der Waals surface area contributed by atoms with Gasteiger partial charge in [-0.2, -0.15) is 20.2 Å². The number of nitrogens with zero attached hydrogens (tertiary/aromatic N) is 4. The number of hydrogen-bond acceptors (Lipinski definition) is 8. The van der Waals surface area contributed by atoms with Crippen LogP contribution in [0.4, 0.5) is 23.3 Å². The lowest BCUT2D eigenvalue weighted by molar-refractivity contribution is 1.02. The van der Waals surface area contributed by atoms with Crippen LogP contribution < -0.4 is 22.5 Å². The van der Waals surface area contributed by atoms with Gasteiger partial charge in [-0.05, 0) is 35.7 Å². The fourth-order valence-electron chi connectivity index (χ4n) is 2.84. The molecule has 2 aromatic carbocycles. The second-order valence-electron chi connectivity index (χ2n) is 5.89. The van der Waals surface area contributed by atoms with Gasteiger partial charge in [0, 0.05) is 17.8 Å². The summed E-state index contributed by atoms with van der Waals surface area (Å²) in [5.74, 6) is 0.845. The Morgan fingerprint density at radius 2 is 1.85 bits per heavy atom. The molecule has 27 heavy (non-hydrogen) atoms. The van der Waals surface area contributed by atoms with Gasteiger partial charge in [0.05, 0.1) is 11.3 Å². The molecule has 0 aliphatic rings. The minimum Gasteiger partial charge on any atom is -0.398 e. The molecule has 0 amide bonds. The number of nitriles is 1. The van der Waals surface area contributed by atoms with Crippen molar-refractivity contribution in [2.75, 3.05) is 16.8 Å². The van der Waals surface area contributed by atoms with E-state index in [4.69, 9.17) is 22.5 Å². The molecule has 0 saturated carbocycles. The van der Waals surface area contributed by atoms with Gasteiger partial charge < -0.3 is 22.5 Å². The van der Waals surface area contributed by atoms with Gasteiger partial charge in [0.1, 0.15) is 6.07 Å². The van der Waals surface area contributed by atoms with Gasteiger partial charge in [-0.1, -0.05) is 25.1 Å². The van der Waals surface area contributed by atoms with Gasteiger partial charge in [0.25, 0.3) is 0 Å². The van der Waals surface area contributed by atoms with Crippen LogP contribution in [0.15, 0.2) is 36.4 Å². The van der Waals surface area contributed by atoms with Crippen LogP contribution in [0.25, 0.3) is 11.4 Å². The molecule has 7 N–H and O–H groups in total. The third kappa shape index (κ3) is 3.78. The third-order valence-electron chi connectivity index (χ3n) is 4.14. The van der Waals surface area contributed by atoms with Crippen molar-refractivity contribution in [2.45, 2.75) is 19.9 Å². The molecule has 0 aliphatic heterocycles. The first-order valence-corrected chi connectivity index (χ1v) is 8.45. The maximum Gasteiger partial charge on any atom is 0.232 e. The summed E-state index contributed by atoms with van der Waals surface area (Å²) < 4.78 is 0. The molecule has 1 aromatic heterocycles. The lowest BCUT2D eigenvalue weighted by atomic mass is 9.98. The van der Waals surface area contributed by atoms with E-state index in [0.29, 0.717) is 29.3 Å². The van der Waals surface area contributed by atoms with Crippen molar-refractivity contribution < 1.29 is 0 Å². The molecule has 8 nitrogen and oxygen atoms in total. The van der Waals surface area contributed by atoms with Crippen LogP contribution in [0, 0.1) is 11.3 Å². The standard InChI is InChI=1S/C19H20N8/c1-2-11-4-3-5-13(10-21)16(11)17-25-18(23)27-19(26-17)24-14-7-6-12(9-20)15(22)8-14/h3-8H,2,10,21-22H2,1H3,(H3,23,24,25,26,27). The number of anilines is 4. The number of aryl methyl sites for hydroxylation is 1. The summed E-state index contributed by atoms with van der Waals surface area (Å²) in [6.45, 7) is 2.42. The zero-order valence-corrected chi connectivity index (χ0v) is 14.9. The summed E-state index contributed by atoms with van der Waals surface area (Å²) in [6, 6.07) is 12.9. The van der Waals surface area contributed by atoms with Gasteiger partial charge in [-0.25, -0.2) is 0 Å². The van der Waals surface area contributed by atoms with E-state index in [1.807, 2.05) is 24.3 Å². The van der Waals surface area contributed by atoms with Gasteiger partial charge >= 0.3 is 0 Å². The highest BCUT2D eigenvalue weighted by atomic mass is 15.2. The fraction of sp³-hybridized carbons (Fsp3) is 0.158. The van der Waals surface area contributed by atoms with E-state index in [-0.39, 0.29) is 11.9 Å². The van der Waals surface area contributed by atoms with Crippen molar-refractivity contribution in [1.29, 1.82) is 5.26 Å². The first kappa shape index (κ1) is 18.1. The van der Waals surface area contributed by atoms with Crippen LogP contribution in [0.5, 0.6) is 0 Å². The molecule has 0 saturated heterocycles. The van der Waals surface area contributed by atoms with Crippen molar-refractivity contribution in [1.82, 2.24) is 15.0 Å². The minimum absolute atomic E-state index is 0.0954. The number of nitrogen functional groups attached to an aromatic ring is 2. The van der Waals surface area contributed by atoms with Gasteiger partial charge in [-0.3, -0.25) is 0 Å². The average molecular weight is 360 g/mol. The second kappa shape index (κ2) is 7.68.